The average molecular weight is 482 g/mol. The van der Waals surface area contributed by atoms with Gasteiger partial charge in [0.1, 0.15) is 11.5 Å². The Bertz CT molecular complexity index is 1450. The van der Waals surface area contributed by atoms with E-state index in [1.165, 1.54) is 10.7 Å². The summed E-state index contributed by atoms with van der Waals surface area (Å²) < 4.78 is 1.47. The summed E-state index contributed by atoms with van der Waals surface area (Å²) in [6.45, 7) is 1.74. The molecule has 174 valence electrons. The molecule has 0 atom stereocenters. The number of aromatic nitrogens is 4. The van der Waals surface area contributed by atoms with E-state index in [4.69, 9.17) is 0 Å². The van der Waals surface area contributed by atoms with Crippen LogP contribution in [0.15, 0.2) is 95.1 Å². The van der Waals surface area contributed by atoms with Gasteiger partial charge in [-0.25, -0.2) is 4.98 Å². The van der Waals surface area contributed by atoms with E-state index in [0.29, 0.717) is 17.2 Å². The van der Waals surface area contributed by atoms with Crippen LogP contribution in [0.1, 0.15) is 29.2 Å². The number of hydrogen-bond donors (Lipinski definition) is 2. The van der Waals surface area contributed by atoms with Crippen molar-refractivity contribution in [3.05, 3.63) is 117 Å². The zero-order chi connectivity index (χ0) is 24.2. The van der Waals surface area contributed by atoms with E-state index < -0.39 is 0 Å². The molecule has 2 aromatic carbocycles. The number of amides is 1. The molecule has 1 amide bonds. The average Bonchev–Trinajstić information content (AvgIpc) is 3.53. The number of aryl methyl sites for hydroxylation is 1. The predicted octanol–water partition coefficient (Wildman–Crippen LogP) is 5.15. The SMILES string of the molecule is Cc1cc(=O)[nH]c(-n2nc(-c3cccs3)cc2NC(=O)CC(c2ccccc2)c2ccccc2)n1. The van der Waals surface area contributed by atoms with Crippen molar-refractivity contribution < 1.29 is 4.79 Å². The van der Waals surface area contributed by atoms with E-state index in [9.17, 15) is 9.59 Å². The first-order valence-corrected chi connectivity index (χ1v) is 12.1. The highest BCUT2D eigenvalue weighted by atomic mass is 32.1. The third-order valence-electron chi connectivity index (χ3n) is 5.60. The molecule has 5 rings (SSSR count). The number of nitrogens with one attached hydrogen (secondary N) is 2. The second kappa shape index (κ2) is 9.90. The summed E-state index contributed by atoms with van der Waals surface area (Å²) in [6, 6.07) is 27.1. The molecule has 0 saturated carbocycles. The van der Waals surface area contributed by atoms with E-state index in [2.05, 4.69) is 20.4 Å². The molecular weight excluding hydrogens is 458 g/mol. The number of carbonyl (C=O) groups excluding carboxylic acids is 1. The quantitative estimate of drug-likeness (QED) is 0.336. The number of aromatic amines is 1. The van der Waals surface area contributed by atoms with Gasteiger partial charge in [-0.3, -0.25) is 14.6 Å². The zero-order valence-corrected chi connectivity index (χ0v) is 19.8. The van der Waals surface area contributed by atoms with Crippen molar-refractivity contribution in [3.63, 3.8) is 0 Å². The number of H-pyrrole nitrogens is 1. The van der Waals surface area contributed by atoms with Crippen LogP contribution >= 0.6 is 11.3 Å². The monoisotopic (exact) mass is 481 g/mol. The minimum atomic E-state index is -0.286. The normalized spacial score (nSPS) is 11.0. The number of anilines is 1. The van der Waals surface area contributed by atoms with Gasteiger partial charge in [0.2, 0.25) is 11.9 Å². The lowest BCUT2D eigenvalue weighted by Gasteiger charge is -2.18. The van der Waals surface area contributed by atoms with Gasteiger partial charge in [0.05, 0.1) is 4.88 Å². The summed E-state index contributed by atoms with van der Waals surface area (Å²) in [5, 5.41) is 9.60. The Balaban J connectivity index is 1.49. The van der Waals surface area contributed by atoms with E-state index >= 15 is 0 Å². The third kappa shape index (κ3) is 5.12. The first-order valence-electron chi connectivity index (χ1n) is 11.2. The maximum atomic E-state index is 13.3. The van der Waals surface area contributed by atoms with Crippen molar-refractivity contribution in [2.24, 2.45) is 0 Å². The number of benzene rings is 2. The lowest BCUT2D eigenvalue weighted by atomic mass is 9.88. The molecule has 0 spiro atoms. The largest absolute Gasteiger partial charge is 0.310 e. The van der Waals surface area contributed by atoms with Crippen molar-refractivity contribution in [2.75, 3.05) is 5.32 Å². The molecule has 0 saturated heterocycles. The molecule has 0 fully saturated rings. The molecule has 8 heteroatoms. The van der Waals surface area contributed by atoms with Gasteiger partial charge in [0.25, 0.3) is 5.56 Å². The highest BCUT2D eigenvalue weighted by Crippen LogP contribution is 2.30. The standard InChI is InChI=1S/C27H23N5O2S/c1-18-15-25(33)30-27(28-18)32-24(17-22(31-32)23-13-8-14-35-23)29-26(34)16-21(19-9-4-2-5-10-19)20-11-6-3-7-12-20/h2-15,17,21H,16H2,1H3,(H,29,34)(H,28,30,33). The Morgan fingerprint density at radius 3 is 2.29 bits per heavy atom. The first kappa shape index (κ1) is 22.5. The highest BCUT2D eigenvalue weighted by molar-refractivity contribution is 7.13. The highest BCUT2D eigenvalue weighted by Gasteiger charge is 2.21. The summed E-state index contributed by atoms with van der Waals surface area (Å²) in [4.78, 5) is 33.5. The topological polar surface area (TPSA) is 92.7 Å². The maximum Gasteiger partial charge on any atom is 0.252 e. The van der Waals surface area contributed by atoms with E-state index in [0.717, 1.165) is 16.0 Å². The Morgan fingerprint density at radius 2 is 1.69 bits per heavy atom. The van der Waals surface area contributed by atoms with Crippen molar-refractivity contribution in [1.29, 1.82) is 0 Å². The molecule has 0 unspecified atom stereocenters. The molecule has 0 bridgehead atoms. The number of nitrogens with zero attached hydrogens (tertiary/aromatic N) is 3. The molecule has 5 aromatic rings. The molecule has 0 radical (unpaired) electrons. The second-order valence-corrected chi connectivity index (χ2v) is 9.09. The van der Waals surface area contributed by atoms with Crippen LogP contribution in [0.25, 0.3) is 16.5 Å². The third-order valence-corrected chi connectivity index (χ3v) is 6.49. The number of carbonyl (C=O) groups is 1. The van der Waals surface area contributed by atoms with Crippen LogP contribution < -0.4 is 10.9 Å². The fourth-order valence-electron chi connectivity index (χ4n) is 4.02. The minimum Gasteiger partial charge on any atom is -0.310 e. The van der Waals surface area contributed by atoms with Gasteiger partial charge in [-0.05, 0) is 29.5 Å². The zero-order valence-electron chi connectivity index (χ0n) is 19.0. The van der Waals surface area contributed by atoms with Crippen LogP contribution in [0.3, 0.4) is 0 Å². The summed E-state index contributed by atoms with van der Waals surface area (Å²) in [5.74, 6) is 0.404. The number of rotatable bonds is 7. The van der Waals surface area contributed by atoms with Gasteiger partial charge < -0.3 is 5.32 Å². The van der Waals surface area contributed by atoms with Gasteiger partial charge in [-0.2, -0.15) is 9.78 Å². The molecule has 0 aliphatic heterocycles. The molecule has 7 nitrogen and oxygen atoms in total. The van der Waals surface area contributed by atoms with Gasteiger partial charge >= 0.3 is 0 Å². The van der Waals surface area contributed by atoms with Crippen molar-refractivity contribution in [1.82, 2.24) is 19.7 Å². The van der Waals surface area contributed by atoms with Crippen LogP contribution in [0, 0.1) is 6.92 Å². The molecule has 3 aromatic heterocycles. The molecule has 0 aliphatic rings. The van der Waals surface area contributed by atoms with Gasteiger partial charge in [0, 0.05) is 30.2 Å². The van der Waals surface area contributed by atoms with Crippen LogP contribution in [-0.4, -0.2) is 25.7 Å². The number of hydrogen-bond acceptors (Lipinski definition) is 5. The molecule has 0 aliphatic carbocycles. The van der Waals surface area contributed by atoms with E-state index in [1.54, 1.807) is 24.3 Å². The van der Waals surface area contributed by atoms with Crippen LogP contribution in [0.5, 0.6) is 0 Å². The number of thiophene rings is 1. The predicted molar refractivity (Wildman–Crippen MR) is 138 cm³/mol. The van der Waals surface area contributed by atoms with Gasteiger partial charge in [0.15, 0.2) is 0 Å². The maximum absolute atomic E-state index is 13.3. The smallest absolute Gasteiger partial charge is 0.252 e. The lowest BCUT2D eigenvalue weighted by molar-refractivity contribution is -0.116. The second-order valence-electron chi connectivity index (χ2n) is 8.14. The molecule has 2 N–H and O–H groups in total. The lowest BCUT2D eigenvalue weighted by Crippen LogP contribution is -2.20. The van der Waals surface area contributed by atoms with Gasteiger partial charge in [-0.15, -0.1) is 11.3 Å². The Kier molecular flexibility index (Phi) is 6.36. The van der Waals surface area contributed by atoms with Crippen molar-refractivity contribution >= 4 is 23.1 Å². The van der Waals surface area contributed by atoms with Crippen molar-refractivity contribution in [3.8, 4) is 16.5 Å². The fourth-order valence-corrected chi connectivity index (χ4v) is 4.70. The summed E-state index contributed by atoms with van der Waals surface area (Å²) in [7, 11) is 0. The van der Waals surface area contributed by atoms with Crippen molar-refractivity contribution in [2.45, 2.75) is 19.3 Å². The fraction of sp³-hybridized carbons (Fsp3) is 0.111. The summed E-state index contributed by atoms with van der Waals surface area (Å²) in [6.07, 6.45) is 0.241. The van der Waals surface area contributed by atoms with Crippen LogP contribution in [0.4, 0.5) is 5.82 Å². The molecule has 3 heterocycles. The van der Waals surface area contributed by atoms with Crippen LogP contribution in [0.2, 0.25) is 0 Å². The Labute approximate surface area is 206 Å². The first-order chi connectivity index (χ1) is 17.1. The summed E-state index contributed by atoms with van der Waals surface area (Å²) >= 11 is 1.54. The van der Waals surface area contributed by atoms with E-state index in [1.807, 2.05) is 78.2 Å². The van der Waals surface area contributed by atoms with E-state index in [-0.39, 0.29) is 29.8 Å². The Hall–Kier alpha value is -4.30. The summed E-state index contributed by atoms with van der Waals surface area (Å²) in [5.41, 5.74) is 3.08. The van der Waals surface area contributed by atoms with Crippen LogP contribution in [-0.2, 0) is 4.79 Å². The molecular formula is C27H23N5O2S. The Morgan fingerprint density at radius 1 is 1.00 bits per heavy atom. The molecule has 35 heavy (non-hydrogen) atoms. The van der Waals surface area contributed by atoms with Gasteiger partial charge in [-0.1, -0.05) is 66.7 Å². The minimum absolute atomic E-state index is 0.109.